The van der Waals surface area contributed by atoms with Gasteiger partial charge >= 0.3 is 5.97 Å². The number of rotatable bonds is 7. The van der Waals surface area contributed by atoms with Crippen LogP contribution in [0.3, 0.4) is 0 Å². The van der Waals surface area contributed by atoms with Gasteiger partial charge in [-0.15, -0.1) is 0 Å². The second-order valence-corrected chi connectivity index (χ2v) is 4.09. The van der Waals surface area contributed by atoms with Gasteiger partial charge in [0.1, 0.15) is 6.61 Å². The monoisotopic (exact) mass is 220 g/mol. The van der Waals surface area contributed by atoms with E-state index in [2.05, 4.69) is 6.58 Å². The van der Waals surface area contributed by atoms with Gasteiger partial charge in [-0.3, -0.25) is 0 Å². The molecule has 0 aliphatic rings. The Hall–Kier alpha value is -0.680. The van der Waals surface area contributed by atoms with E-state index in [-0.39, 0.29) is 6.61 Å². The molecule has 82 valence electrons. The first kappa shape index (κ1) is 13.3. The quantitative estimate of drug-likeness (QED) is 0.401. The summed E-state index contributed by atoms with van der Waals surface area (Å²) >= 11 is -1.93. The summed E-state index contributed by atoms with van der Waals surface area (Å²) in [5.41, 5.74) is 0. The third-order valence-corrected chi connectivity index (χ3v) is 2.69. The maximum absolute atomic E-state index is 10.8. The number of hydrogen-bond acceptors (Lipinski definition) is 3. The molecule has 5 heteroatoms. The van der Waals surface area contributed by atoms with Gasteiger partial charge in [0.15, 0.2) is 11.1 Å². The van der Waals surface area contributed by atoms with Crippen molar-refractivity contribution in [3.05, 3.63) is 12.7 Å². The zero-order valence-corrected chi connectivity index (χ0v) is 9.09. The normalized spacial score (nSPS) is 14.4. The lowest BCUT2D eigenvalue weighted by Gasteiger charge is -2.11. The first-order valence-corrected chi connectivity index (χ1v) is 5.67. The summed E-state index contributed by atoms with van der Waals surface area (Å²) in [7, 11) is 0. The van der Waals surface area contributed by atoms with Gasteiger partial charge < -0.3 is 9.29 Å². The SMILES string of the molecule is C=CC(=O)OCC(CCCC)S(=O)O. The Labute approximate surface area is 86.6 Å². The Morgan fingerprint density at radius 2 is 2.36 bits per heavy atom. The van der Waals surface area contributed by atoms with Crippen LogP contribution in [0.2, 0.25) is 0 Å². The van der Waals surface area contributed by atoms with Crippen molar-refractivity contribution in [1.29, 1.82) is 0 Å². The lowest BCUT2D eigenvalue weighted by molar-refractivity contribution is -0.137. The number of carbonyl (C=O) groups excluding carboxylic acids is 1. The van der Waals surface area contributed by atoms with Crippen molar-refractivity contribution >= 4 is 17.0 Å². The average molecular weight is 220 g/mol. The van der Waals surface area contributed by atoms with E-state index in [1.807, 2.05) is 6.92 Å². The van der Waals surface area contributed by atoms with Gasteiger partial charge in [0.2, 0.25) is 0 Å². The van der Waals surface area contributed by atoms with Crippen molar-refractivity contribution in [1.82, 2.24) is 0 Å². The Bertz CT molecular complexity index is 215. The minimum absolute atomic E-state index is 0.0199. The highest BCUT2D eigenvalue weighted by molar-refractivity contribution is 7.79. The van der Waals surface area contributed by atoms with E-state index in [4.69, 9.17) is 9.29 Å². The molecular formula is C9H16O4S. The van der Waals surface area contributed by atoms with Crippen LogP contribution in [-0.4, -0.2) is 26.6 Å². The molecule has 14 heavy (non-hydrogen) atoms. The largest absolute Gasteiger partial charge is 0.461 e. The Balaban J connectivity index is 3.90. The van der Waals surface area contributed by atoms with E-state index in [0.29, 0.717) is 6.42 Å². The highest BCUT2D eigenvalue weighted by Crippen LogP contribution is 2.07. The van der Waals surface area contributed by atoms with E-state index in [0.717, 1.165) is 18.9 Å². The van der Waals surface area contributed by atoms with Crippen LogP contribution < -0.4 is 0 Å². The fraction of sp³-hybridized carbons (Fsp3) is 0.667. The molecule has 0 heterocycles. The molecule has 0 rings (SSSR count). The van der Waals surface area contributed by atoms with Crippen molar-refractivity contribution in [2.75, 3.05) is 6.61 Å². The van der Waals surface area contributed by atoms with Gasteiger partial charge in [-0.05, 0) is 6.42 Å². The maximum atomic E-state index is 10.8. The number of hydrogen-bond donors (Lipinski definition) is 1. The molecule has 0 fully saturated rings. The molecule has 0 spiro atoms. The van der Waals surface area contributed by atoms with Gasteiger partial charge in [-0.1, -0.05) is 26.3 Å². The first-order chi connectivity index (χ1) is 6.61. The first-order valence-electron chi connectivity index (χ1n) is 4.50. The zero-order valence-electron chi connectivity index (χ0n) is 8.27. The van der Waals surface area contributed by atoms with E-state index in [1.54, 1.807) is 0 Å². The number of ether oxygens (including phenoxy) is 1. The van der Waals surface area contributed by atoms with E-state index in [9.17, 15) is 9.00 Å². The van der Waals surface area contributed by atoms with Gasteiger partial charge in [0.05, 0.1) is 5.25 Å². The third-order valence-electron chi connectivity index (χ3n) is 1.74. The minimum atomic E-state index is -1.93. The van der Waals surface area contributed by atoms with Crippen molar-refractivity contribution in [3.8, 4) is 0 Å². The predicted molar refractivity (Wildman–Crippen MR) is 55.2 cm³/mol. The second kappa shape index (κ2) is 7.70. The van der Waals surface area contributed by atoms with Crippen LogP contribution in [0.1, 0.15) is 26.2 Å². The van der Waals surface area contributed by atoms with Crippen LogP contribution in [-0.2, 0) is 20.6 Å². The highest BCUT2D eigenvalue weighted by Gasteiger charge is 2.16. The second-order valence-electron chi connectivity index (χ2n) is 2.87. The van der Waals surface area contributed by atoms with Crippen molar-refractivity contribution in [2.24, 2.45) is 0 Å². The molecule has 0 saturated carbocycles. The predicted octanol–water partition coefficient (Wildman–Crippen LogP) is 1.50. The van der Waals surface area contributed by atoms with Gasteiger partial charge in [-0.2, -0.15) is 0 Å². The summed E-state index contributed by atoms with van der Waals surface area (Å²) in [6.45, 7) is 5.21. The van der Waals surface area contributed by atoms with Crippen molar-refractivity contribution in [3.63, 3.8) is 0 Å². The molecule has 4 nitrogen and oxygen atoms in total. The van der Waals surface area contributed by atoms with Crippen LogP contribution in [0.15, 0.2) is 12.7 Å². The highest BCUT2D eigenvalue weighted by atomic mass is 32.2. The van der Waals surface area contributed by atoms with E-state index in [1.165, 1.54) is 0 Å². The fourth-order valence-corrected chi connectivity index (χ4v) is 1.46. The molecule has 0 aliphatic carbocycles. The molecule has 0 aromatic heterocycles. The number of unbranched alkanes of at least 4 members (excludes halogenated alkanes) is 1. The fourth-order valence-electron chi connectivity index (χ4n) is 0.908. The van der Waals surface area contributed by atoms with Crippen LogP contribution in [0.4, 0.5) is 0 Å². The minimum Gasteiger partial charge on any atom is -0.461 e. The Morgan fingerprint density at radius 1 is 1.71 bits per heavy atom. The topological polar surface area (TPSA) is 63.6 Å². The molecule has 0 aliphatic heterocycles. The third kappa shape index (κ3) is 5.88. The van der Waals surface area contributed by atoms with Crippen molar-refractivity contribution < 1.29 is 18.3 Å². The van der Waals surface area contributed by atoms with Gasteiger partial charge in [0.25, 0.3) is 0 Å². The summed E-state index contributed by atoms with van der Waals surface area (Å²) in [4.78, 5) is 10.7. The molecule has 0 amide bonds. The molecule has 2 unspecified atom stereocenters. The lowest BCUT2D eigenvalue weighted by atomic mass is 10.2. The summed E-state index contributed by atoms with van der Waals surface area (Å²) in [6, 6.07) is 0. The van der Waals surface area contributed by atoms with Crippen LogP contribution in [0.25, 0.3) is 0 Å². The summed E-state index contributed by atoms with van der Waals surface area (Å²) < 4.78 is 24.4. The number of esters is 1. The van der Waals surface area contributed by atoms with Gasteiger partial charge in [0, 0.05) is 6.08 Å². The molecule has 0 radical (unpaired) electrons. The Morgan fingerprint density at radius 3 is 2.79 bits per heavy atom. The van der Waals surface area contributed by atoms with Gasteiger partial charge in [-0.25, -0.2) is 9.00 Å². The standard InChI is InChI=1S/C9H16O4S/c1-3-5-6-8(14(11)12)7-13-9(10)4-2/h4,8H,2-3,5-7H2,1H3,(H,11,12). The van der Waals surface area contributed by atoms with E-state index < -0.39 is 22.3 Å². The summed E-state index contributed by atoms with van der Waals surface area (Å²) in [6.07, 6.45) is 3.42. The van der Waals surface area contributed by atoms with Crippen LogP contribution in [0.5, 0.6) is 0 Å². The molecule has 1 N–H and O–H groups in total. The zero-order chi connectivity index (χ0) is 11.0. The Kier molecular flexibility index (Phi) is 7.32. The van der Waals surface area contributed by atoms with Crippen LogP contribution in [0, 0.1) is 0 Å². The maximum Gasteiger partial charge on any atom is 0.330 e. The molecule has 0 aromatic carbocycles. The number of carbonyl (C=O) groups is 1. The molecule has 0 aromatic rings. The average Bonchev–Trinajstić information content (AvgIpc) is 2.16. The molecule has 2 atom stereocenters. The molecular weight excluding hydrogens is 204 g/mol. The van der Waals surface area contributed by atoms with E-state index >= 15 is 0 Å². The van der Waals surface area contributed by atoms with Crippen LogP contribution >= 0.6 is 0 Å². The molecule has 0 bridgehead atoms. The lowest BCUT2D eigenvalue weighted by Crippen LogP contribution is -2.22. The summed E-state index contributed by atoms with van der Waals surface area (Å²) in [5.74, 6) is -0.558. The molecule has 0 saturated heterocycles. The summed E-state index contributed by atoms with van der Waals surface area (Å²) in [5, 5.41) is -0.487. The smallest absolute Gasteiger partial charge is 0.330 e. The van der Waals surface area contributed by atoms with Crippen molar-refractivity contribution in [2.45, 2.75) is 31.4 Å².